The zero-order chi connectivity index (χ0) is 10.4. The van der Waals surface area contributed by atoms with E-state index < -0.39 is 0 Å². The summed E-state index contributed by atoms with van der Waals surface area (Å²) in [5.41, 5.74) is 0. The van der Waals surface area contributed by atoms with Gasteiger partial charge < -0.3 is 5.32 Å². The van der Waals surface area contributed by atoms with Crippen molar-refractivity contribution in [2.45, 2.75) is 32.2 Å². The molecule has 0 aromatic heterocycles. The second-order valence-corrected chi connectivity index (χ2v) is 4.73. The Morgan fingerprint density at radius 2 is 2.57 bits per heavy atom. The van der Waals surface area contributed by atoms with Crippen LogP contribution in [-0.4, -0.2) is 23.5 Å². The summed E-state index contributed by atoms with van der Waals surface area (Å²) in [4.78, 5) is 11.7. The Kier molecular flexibility index (Phi) is 4.89. The van der Waals surface area contributed by atoms with Gasteiger partial charge in [-0.25, -0.2) is 0 Å². The molecule has 0 aromatic carbocycles. The fraction of sp³-hybridized carbons (Fsp3) is 0.727. The monoisotopic (exact) mass is 211 g/mol. The third kappa shape index (κ3) is 3.26. The lowest BCUT2D eigenvalue weighted by atomic mass is 10.1. The Morgan fingerprint density at radius 3 is 3.07 bits per heavy atom. The van der Waals surface area contributed by atoms with Crippen LogP contribution in [0.2, 0.25) is 0 Å². The average molecular weight is 211 g/mol. The molecule has 2 atom stereocenters. The molecule has 0 aromatic rings. The number of carbonyl (C=O) groups is 1. The molecule has 0 bridgehead atoms. The fourth-order valence-electron chi connectivity index (χ4n) is 1.52. The van der Waals surface area contributed by atoms with Crippen LogP contribution in [0.4, 0.5) is 0 Å². The van der Waals surface area contributed by atoms with Gasteiger partial charge in [-0.1, -0.05) is 19.3 Å². The molecule has 1 aliphatic heterocycles. The zero-order valence-corrected chi connectivity index (χ0v) is 9.40. The Labute approximate surface area is 90.2 Å². The molecule has 0 aliphatic carbocycles. The maximum absolute atomic E-state index is 11.7. The second-order valence-electron chi connectivity index (χ2n) is 3.58. The van der Waals surface area contributed by atoms with E-state index in [-0.39, 0.29) is 17.9 Å². The second kappa shape index (κ2) is 5.98. The van der Waals surface area contributed by atoms with Crippen LogP contribution in [0.1, 0.15) is 26.2 Å². The Morgan fingerprint density at radius 1 is 1.79 bits per heavy atom. The molecule has 1 amide bonds. The molecule has 2 nitrogen and oxygen atoms in total. The quantitative estimate of drug-likeness (QED) is 0.717. The zero-order valence-electron chi connectivity index (χ0n) is 8.58. The van der Waals surface area contributed by atoms with Crippen molar-refractivity contribution >= 4 is 17.7 Å². The predicted octanol–water partition coefficient (Wildman–Crippen LogP) is 1.66. The molecule has 0 spiro atoms. The van der Waals surface area contributed by atoms with Crippen molar-refractivity contribution in [3.63, 3.8) is 0 Å². The van der Waals surface area contributed by atoms with Crippen molar-refractivity contribution in [3.8, 4) is 12.3 Å². The maximum atomic E-state index is 11.7. The van der Waals surface area contributed by atoms with Crippen LogP contribution in [0.5, 0.6) is 0 Å². The minimum Gasteiger partial charge on any atom is -0.342 e. The molecule has 78 valence electrons. The van der Waals surface area contributed by atoms with Gasteiger partial charge in [-0.05, 0) is 18.6 Å². The van der Waals surface area contributed by atoms with Crippen LogP contribution >= 0.6 is 11.8 Å². The van der Waals surface area contributed by atoms with Gasteiger partial charge in [0.25, 0.3) is 0 Å². The smallest absolute Gasteiger partial charge is 0.224 e. The summed E-state index contributed by atoms with van der Waals surface area (Å²) >= 11 is 1.85. The van der Waals surface area contributed by atoms with Crippen molar-refractivity contribution in [2.24, 2.45) is 5.92 Å². The van der Waals surface area contributed by atoms with E-state index in [1.807, 2.05) is 11.8 Å². The summed E-state index contributed by atoms with van der Waals surface area (Å²) < 4.78 is 0. The van der Waals surface area contributed by atoms with E-state index in [4.69, 9.17) is 6.42 Å². The minimum atomic E-state index is -0.0712. The summed E-state index contributed by atoms with van der Waals surface area (Å²) in [5, 5.41) is 2.92. The number of terminal acetylenes is 1. The van der Waals surface area contributed by atoms with E-state index in [2.05, 4.69) is 18.2 Å². The van der Waals surface area contributed by atoms with Gasteiger partial charge in [-0.3, -0.25) is 4.79 Å². The van der Waals surface area contributed by atoms with Crippen LogP contribution in [-0.2, 0) is 4.79 Å². The van der Waals surface area contributed by atoms with Gasteiger partial charge in [-0.2, -0.15) is 11.8 Å². The number of rotatable bonds is 4. The third-order valence-electron chi connectivity index (χ3n) is 2.40. The lowest BCUT2D eigenvalue weighted by Gasteiger charge is -2.14. The first kappa shape index (κ1) is 11.5. The maximum Gasteiger partial charge on any atom is 0.224 e. The highest BCUT2D eigenvalue weighted by atomic mass is 32.2. The third-order valence-corrected chi connectivity index (χ3v) is 3.56. The van der Waals surface area contributed by atoms with Crippen molar-refractivity contribution in [2.75, 3.05) is 11.5 Å². The molecule has 14 heavy (non-hydrogen) atoms. The first-order valence-electron chi connectivity index (χ1n) is 5.12. The molecule has 1 heterocycles. The summed E-state index contributed by atoms with van der Waals surface area (Å²) in [6.45, 7) is 2.07. The topological polar surface area (TPSA) is 29.1 Å². The SMILES string of the molecule is C#CC(CCC)NC(=O)C1CCSC1. The normalized spacial score (nSPS) is 22.7. The molecule has 0 saturated carbocycles. The van der Waals surface area contributed by atoms with E-state index in [1.165, 1.54) is 0 Å². The van der Waals surface area contributed by atoms with Crippen LogP contribution in [0, 0.1) is 18.3 Å². The molecule has 2 unspecified atom stereocenters. The van der Waals surface area contributed by atoms with E-state index in [1.54, 1.807) is 0 Å². The van der Waals surface area contributed by atoms with Crippen LogP contribution < -0.4 is 5.32 Å². The lowest BCUT2D eigenvalue weighted by Crippen LogP contribution is -2.38. The van der Waals surface area contributed by atoms with Gasteiger partial charge in [0.05, 0.1) is 6.04 Å². The first-order valence-corrected chi connectivity index (χ1v) is 6.27. The number of hydrogen-bond acceptors (Lipinski definition) is 2. The number of amides is 1. The fourth-order valence-corrected chi connectivity index (χ4v) is 2.74. The molecule has 1 fully saturated rings. The van der Waals surface area contributed by atoms with E-state index in [9.17, 15) is 4.79 Å². The van der Waals surface area contributed by atoms with Crippen LogP contribution in [0.15, 0.2) is 0 Å². The van der Waals surface area contributed by atoms with E-state index in [0.29, 0.717) is 0 Å². The highest BCUT2D eigenvalue weighted by Crippen LogP contribution is 2.23. The van der Waals surface area contributed by atoms with Crippen LogP contribution in [0.25, 0.3) is 0 Å². The first-order chi connectivity index (χ1) is 6.77. The van der Waals surface area contributed by atoms with Crippen LogP contribution in [0.3, 0.4) is 0 Å². The number of nitrogens with one attached hydrogen (secondary N) is 1. The Bertz CT molecular complexity index is 228. The van der Waals surface area contributed by atoms with Gasteiger partial charge in [0.1, 0.15) is 0 Å². The van der Waals surface area contributed by atoms with E-state index in [0.717, 1.165) is 30.8 Å². The molecular formula is C11H17NOS. The standard InChI is InChI=1S/C11H17NOS/c1-3-5-10(4-2)12-11(13)9-6-7-14-8-9/h2,9-10H,3,5-8H2,1H3,(H,12,13). The van der Waals surface area contributed by atoms with Crippen molar-refractivity contribution in [3.05, 3.63) is 0 Å². The van der Waals surface area contributed by atoms with Gasteiger partial charge in [0.15, 0.2) is 0 Å². The van der Waals surface area contributed by atoms with Crippen molar-refractivity contribution in [1.82, 2.24) is 5.32 Å². The number of carbonyl (C=O) groups excluding carboxylic acids is 1. The van der Waals surface area contributed by atoms with Crippen molar-refractivity contribution < 1.29 is 4.79 Å². The summed E-state index contributed by atoms with van der Waals surface area (Å²) in [5.74, 6) is 5.01. The number of hydrogen-bond donors (Lipinski definition) is 1. The molecule has 1 rings (SSSR count). The van der Waals surface area contributed by atoms with Crippen molar-refractivity contribution in [1.29, 1.82) is 0 Å². The Balaban J connectivity index is 2.34. The molecule has 3 heteroatoms. The van der Waals surface area contributed by atoms with Gasteiger partial charge in [0.2, 0.25) is 5.91 Å². The number of thioether (sulfide) groups is 1. The highest BCUT2D eigenvalue weighted by Gasteiger charge is 2.24. The van der Waals surface area contributed by atoms with Gasteiger partial charge >= 0.3 is 0 Å². The van der Waals surface area contributed by atoms with Gasteiger partial charge in [0, 0.05) is 11.7 Å². The summed E-state index contributed by atoms with van der Waals surface area (Å²) in [6, 6.07) is -0.0712. The lowest BCUT2D eigenvalue weighted by molar-refractivity contribution is -0.124. The molecule has 0 radical (unpaired) electrons. The largest absolute Gasteiger partial charge is 0.342 e. The minimum absolute atomic E-state index is 0.0712. The predicted molar refractivity (Wildman–Crippen MR) is 61.1 cm³/mol. The molecule has 1 saturated heterocycles. The molecular weight excluding hydrogens is 194 g/mol. The summed E-state index contributed by atoms with van der Waals surface area (Å²) in [7, 11) is 0. The Hall–Kier alpha value is -0.620. The molecule has 1 N–H and O–H groups in total. The summed E-state index contributed by atoms with van der Waals surface area (Å²) in [6.07, 6.45) is 8.22. The van der Waals surface area contributed by atoms with E-state index >= 15 is 0 Å². The molecule has 1 aliphatic rings. The van der Waals surface area contributed by atoms with Gasteiger partial charge in [-0.15, -0.1) is 6.42 Å². The highest BCUT2D eigenvalue weighted by molar-refractivity contribution is 7.99. The average Bonchev–Trinajstić information content (AvgIpc) is 2.69.